The van der Waals surface area contributed by atoms with E-state index in [1.807, 2.05) is 13.8 Å². The summed E-state index contributed by atoms with van der Waals surface area (Å²) < 4.78 is 4.91. The van der Waals surface area contributed by atoms with E-state index >= 15 is 0 Å². The molecule has 0 unspecified atom stereocenters. The summed E-state index contributed by atoms with van der Waals surface area (Å²) in [6.07, 6.45) is 4.75. The number of aryl methyl sites for hydroxylation is 1. The molecule has 0 radical (unpaired) electrons. The number of nitrogens with zero attached hydrogens (tertiary/aromatic N) is 1. The lowest BCUT2D eigenvalue weighted by Gasteiger charge is -2.08. The third-order valence-electron chi connectivity index (χ3n) is 1.76. The van der Waals surface area contributed by atoms with Crippen LogP contribution in [0.5, 0.6) is 0 Å². The molecule has 5 nitrogen and oxygen atoms in total. The van der Waals surface area contributed by atoms with Crippen molar-refractivity contribution in [1.82, 2.24) is 15.3 Å². The topological polar surface area (TPSA) is 67.0 Å². The number of imidazole rings is 1. The van der Waals surface area contributed by atoms with Crippen LogP contribution in [0.1, 0.15) is 26.1 Å². The summed E-state index contributed by atoms with van der Waals surface area (Å²) in [7, 11) is 0. The first kappa shape index (κ1) is 11.6. The Morgan fingerprint density at radius 3 is 3.07 bits per heavy atom. The van der Waals surface area contributed by atoms with Gasteiger partial charge in [0.05, 0.1) is 6.10 Å². The van der Waals surface area contributed by atoms with Gasteiger partial charge < -0.3 is 15.0 Å². The molecular formula is C10H17N3O2. The molecule has 0 bridgehead atoms. The van der Waals surface area contributed by atoms with Crippen LogP contribution < -0.4 is 5.32 Å². The molecule has 0 aromatic carbocycles. The van der Waals surface area contributed by atoms with Crippen molar-refractivity contribution >= 4 is 6.09 Å². The molecule has 15 heavy (non-hydrogen) atoms. The Bertz CT molecular complexity index is 283. The van der Waals surface area contributed by atoms with E-state index in [2.05, 4.69) is 15.3 Å². The zero-order valence-corrected chi connectivity index (χ0v) is 9.12. The average molecular weight is 211 g/mol. The van der Waals surface area contributed by atoms with Crippen LogP contribution in [0.2, 0.25) is 0 Å². The van der Waals surface area contributed by atoms with Gasteiger partial charge in [-0.05, 0) is 20.3 Å². The molecule has 2 N–H and O–H groups in total. The molecule has 1 aromatic heterocycles. The van der Waals surface area contributed by atoms with Gasteiger partial charge in [0.15, 0.2) is 0 Å². The Kier molecular flexibility index (Phi) is 4.66. The quantitative estimate of drug-likeness (QED) is 0.725. The molecule has 0 spiro atoms. The van der Waals surface area contributed by atoms with E-state index in [0.29, 0.717) is 6.54 Å². The van der Waals surface area contributed by atoms with Gasteiger partial charge >= 0.3 is 6.09 Å². The van der Waals surface area contributed by atoms with Gasteiger partial charge in [0.1, 0.15) is 5.82 Å². The van der Waals surface area contributed by atoms with Crippen molar-refractivity contribution in [3.63, 3.8) is 0 Å². The maximum atomic E-state index is 11.1. The fourth-order valence-electron chi connectivity index (χ4n) is 1.14. The molecule has 84 valence electrons. The van der Waals surface area contributed by atoms with Gasteiger partial charge in [-0.3, -0.25) is 0 Å². The molecule has 0 saturated carbocycles. The normalized spacial score (nSPS) is 10.3. The first-order valence-electron chi connectivity index (χ1n) is 5.11. The largest absolute Gasteiger partial charge is 0.447 e. The van der Waals surface area contributed by atoms with Crippen LogP contribution in [0.3, 0.4) is 0 Å². The number of hydrogen-bond donors (Lipinski definition) is 2. The van der Waals surface area contributed by atoms with Gasteiger partial charge in [0.2, 0.25) is 0 Å². The Labute approximate surface area is 89.2 Å². The number of aromatic nitrogens is 2. The maximum Gasteiger partial charge on any atom is 0.407 e. The molecular weight excluding hydrogens is 194 g/mol. The van der Waals surface area contributed by atoms with Crippen molar-refractivity contribution in [1.29, 1.82) is 0 Å². The lowest BCUT2D eigenvalue weighted by atomic mass is 10.3. The summed E-state index contributed by atoms with van der Waals surface area (Å²) in [5.74, 6) is 0.939. The number of carbonyl (C=O) groups excluding carboxylic acids is 1. The highest BCUT2D eigenvalue weighted by Gasteiger charge is 2.03. The molecule has 1 amide bonds. The van der Waals surface area contributed by atoms with Crippen LogP contribution in [0, 0.1) is 0 Å². The molecule has 1 aromatic rings. The van der Waals surface area contributed by atoms with Crippen molar-refractivity contribution < 1.29 is 9.53 Å². The van der Waals surface area contributed by atoms with E-state index in [-0.39, 0.29) is 12.2 Å². The minimum Gasteiger partial charge on any atom is -0.447 e. The number of aromatic amines is 1. The molecule has 0 aliphatic carbocycles. The van der Waals surface area contributed by atoms with Crippen molar-refractivity contribution in [3.8, 4) is 0 Å². The molecule has 1 rings (SSSR count). The summed E-state index contributed by atoms with van der Waals surface area (Å²) >= 11 is 0. The van der Waals surface area contributed by atoms with Gasteiger partial charge in [-0.15, -0.1) is 0 Å². The highest BCUT2D eigenvalue weighted by molar-refractivity contribution is 5.67. The van der Waals surface area contributed by atoms with Crippen LogP contribution >= 0.6 is 0 Å². The van der Waals surface area contributed by atoms with E-state index in [9.17, 15) is 4.79 Å². The summed E-state index contributed by atoms with van der Waals surface area (Å²) in [6, 6.07) is 0. The van der Waals surface area contributed by atoms with E-state index in [4.69, 9.17) is 4.74 Å². The number of nitrogens with one attached hydrogen (secondary N) is 2. The molecule has 0 aliphatic rings. The second kappa shape index (κ2) is 6.06. The fraction of sp³-hybridized carbons (Fsp3) is 0.600. The molecule has 1 heterocycles. The molecule has 0 atom stereocenters. The predicted octanol–water partition coefficient (Wildman–Crippen LogP) is 1.48. The van der Waals surface area contributed by atoms with Crippen LogP contribution in [0.25, 0.3) is 0 Å². The highest BCUT2D eigenvalue weighted by Crippen LogP contribution is 1.94. The van der Waals surface area contributed by atoms with Gasteiger partial charge in [-0.2, -0.15) is 0 Å². The Morgan fingerprint density at radius 1 is 1.67 bits per heavy atom. The van der Waals surface area contributed by atoms with Crippen molar-refractivity contribution in [2.75, 3.05) is 6.54 Å². The standard InChI is InChI=1S/C10H17N3O2/c1-8(2)15-10(14)13-5-3-4-9-11-6-7-12-9/h6-8H,3-5H2,1-2H3,(H,11,12)(H,13,14). The summed E-state index contributed by atoms with van der Waals surface area (Å²) in [4.78, 5) is 18.1. The van der Waals surface area contributed by atoms with Gasteiger partial charge in [-0.1, -0.05) is 0 Å². The Balaban J connectivity index is 2.04. The first-order valence-corrected chi connectivity index (χ1v) is 5.11. The highest BCUT2D eigenvalue weighted by atomic mass is 16.6. The van der Waals surface area contributed by atoms with E-state index < -0.39 is 0 Å². The summed E-state index contributed by atoms with van der Waals surface area (Å²) in [5.41, 5.74) is 0. The van der Waals surface area contributed by atoms with Crippen molar-refractivity contribution in [2.24, 2.45) is 0 Å². The number of carbonyl (C=O) groups is 1. The van der Waals surface area contributed by atoms with Crippen LogP contribution in [0.4, 0.5) is 4.79 Å². The molecule has 0 saturated heterocycles. The van der Waals surface area contributed by atoms with Crippen molar-refractivity contribution in [2.45, 2.75) is 32.8 Å². The average Bonchev–Trinajstić information content (AvgIpc) is 2.63. The minimum atomic E-state index is -0.357. The van der Waals surface area contributed by atoms with Gasteiger partial charge in [0, 0.05) is 25.4 Å². The number of amides is 1. The molecule has 0 aliphatic heterocycles. The molecule has 0 fully saturated rings. The number of rotatable bonds is 5. The smallest absolute Gasteiger partial charge is 0.407 e. The first-order chi connectivity index (χ1) is 7.18. The van der Waals surface area contributed by atoms with E-state index in [1.165, 1.54) is 0 Å². The predicted molar refractivity (Wildman–Crippen MR) is 56.5 cm³/mol. The maximum absolute atomic E-state index is 11.1. The van der Waals surface area contributed by atoms with Crippen molar-refractivity contribution in [3.05, 3.63) is 18.2 Å². The second-order valence-electron chi connectivity index (χ2n) is 3.52. The number of alkyl carbamates (subject to hydrolysis) is 1. The minimum absolute atomic E-state index is 0.0740. The monoisotopic (exact) mass is 211 g/mol. The van der Waals surface area contributed by atoms with Gasteiger partial charge in [-0.25, -0.2) is 9.78 Å². The Hall–Kier alpha value is -1.52. The lowest BCUT2D eigenvalue weighted by molar-refractivity contribution is 0.115. The second-order valence-corrected chi connectivity index (χ2v) is 3.52. The zero-order valence-electron chi connectivity index (χ0n) is 9.12. The number of ether oxygens (including phenoxy) is 1. The SMILES string of the molecule is CC(C)OC(=O)NCCCc1ncc[nH]1. The summed E-state index contributed by atoms with van der Waals surface area (Å²) in [5, 5.41) is 2.67. The van der Waals surface area contributed by atoms with Crippen LogP contribution in [-0.4, -0.2) is 28.7 Å². The zero-order chi connectivity index (χ0) is 11.1. The van der Waals surface area contributed by atoms with E-state index in [1.54, 1.807) is 12.4 Å². The fourth-order valence-corrected chi connectivity index (χ4v) is 1.14. The van der Waals surface area contributed by atoms with Gasteiger partial charge in [0.25, 0.3) is 0 Å². The third kappa shape index (κ3) is 5.05. The third-order valence-corrected chi connectivity index (χ3v) is 1.76. The number of H-pyrrole nitrogens is 1. The van der Waals surface area contributed by atoms with Crippen LogP contribution in [0.15, 0.2) is 12.4 Å². The lowest BCUT2D eigenvalue weighted by Crippen LogP contribution is -2.27. The Morgan fingerprint density at radius 2 is 2.47 bits per heavy atom. The van der Waals surface area contributed by atoms with E-state index in [0.717, 1.165) is 18.7 Å². The van der Waals surface area contributed by atoms with Crippen LogP contribution in [-0.2, 0) is 11.2 Å². The molecule has 5 heteroatoms. The number of hydrogen-bond acceptors (Lipinski definition) is 3. The summed E-state index contributed by atoms with van der Waals surface area (Å²) in [6.45, 7) is 4.25.